The molecule has 0 atom stereocenters. The summed E-state index contributed by atoms with van der Waals surface area (Å²) in [5.74, 6) is 0.193. The normalized spacial score (nSPS) is 10.9. The molecule has 3 rings (SSSR count). The Bertz CT molecular complexity index is 1160. The quantitative estimate of drug-likeness (QED) is 0.378. The zero-order valence-corrected chi connectivity index (χ0v) is 20.9. The second-order valence-electron chi connectivity index (χ2n) is 8.41. The number of anilines is 1. The smallest absolute Gasteiger partial charge is 0.341 e. The molecule has 0 saturated heterocycles. The maximum atomic E-state index is 12.8. The van der Waals surface area contributed by atoms with Crippen molar-refractivity contribution in [3.63, 3.8) is 0 Å². The van der Waals surface area contributed by atoms with Crippen LogP contribution in [0.3, 0.4) is 0 Å². The molecule has 0 unspecified atom stereocenters. The van der Waals surface area contributed by atoms with Crippen LogP contribution in [0.4, 0.5) is 5.00 Å². The molecule has 0 fully saturated rings. The number of esters is 1. The fourth-order valence-electron chi connectivity index (χ4n) is 3.53. The molecule has 0 radical (unpaired) electrons. The molecule has 2 aromatic carbocycles. The van der Waals surface area contributed by atoms with Gasteiger partial charge < -0.3 is 14.8 Å². The highest BCUT2D eigenvalue weighted by molar-refractivity contribution is 7.15. The molecule has 174 valence electrons. The maximum Gasteiger partial charge on any atom is 0.341 e. The number of benzene rings is 2. The van der Waals surface area contributed by atoms with E-state index in [-0.39, 0.29) is 25.0 Å². The molecular formula is C27H31NO4S. The van der Waals surface area contributed by atoms with Crippen molar-refractivity contribution in [1.29, 1.82) is 0 Å². The van der Waals surface area contributed by atoms with Crippen LogP contribution in [0, 0.1) is 20.8 Å². The Hall–Kier alpha value is -3.12. The lowest BCUT2D eigenvalue weighted by Crippen LogP contribution is -2.21. The molecule has 0 spiro atoms. The van der Waals surface area contributed by atoms with Gasteiger partial charge in [0, 0.05) is 10.9 Å². The summed E-state index contributed by atoms with van der Waals surface area (Å²) in [6.07, 6.45) is 0. The molecule has 1 aromatic heterocycles. The van der Waals surface area contributed by atoms with Gasteiger partial charge in [0.2, 0.25) is 0 Å². The van der Waals surface area contributed by atoms with Crippen LogP contribution in [0.1, 0.15) is 59.3 Å². The van der Waals surface area contributed by atoms with Crippen LogP contribution < -0.4 is 10.1 Å². The van der Waals surface area contributed by atoms with E-state index in [9.17, 15) is 9.59 Å². The Morgan fingerprint density at radius 2 is 1.79 bits per heavy atom. The number of aryl methyl sites for hydroxylation is 3. The minimum Gasteiger partial charge on any atom is -0.483 e. The van der Waals surface area contributed by atoms with Gasteiger partial charge in [-0.25, -0.2) is 4.79 Å². The van der Waals surface area contributed by atoms with Crippen LogP contribution in [0.25, 0.3) is 11.1 Å². The van der Waals surface area contributed by atoms with Crippen molar-refractivity contribution < 1.29 is 19.1 Å². The Morgan fingerprint density at radius 1 is 1.03 bits per heavy atom. The monoisotopic (exact) mass is 465 g/mol. The number of hydrogen-bond donors (Lipinski definition) is 1. The third-order valence-electron chi connectivity index (χ3n) is 5.49. The van der Waals surface area contributed by atoms with E-state index in [0.717, 1.165) is 27.8 Å². The average molecular weight is 466 g/mol. The Labute approximate surface area is 199 Å². The first-order chi connectivity index (χ1) is 15.7. The van der Waals surface area contributed by atoms with E-state index in [1.165, 1.54) is 16.9 Å². The van der Waals surface area contributed by atoms with Gasteiger partial charge >= 0.3 is 5.97 Å². The Morgan fingerprint density at radius 3 is 2.45 bits per heavy atom. The molecule has 0 bridgehead atoms. The van der Waals surface area contributed by atoms with Gasteiger partial charge in [0.1, 0.15) is 16.3 Å². The lowest BCUT2D eigenvalue weighted by atomic mass is 9.99. The number of ether oxygens (including phenoxy) is 2. The largest absolute Gasteiger partial charge is 0.483 e. The third-order valence-corrected chi connectivity index (χ3v) is 6.39. The van der Waals surface area contributed by atoms with Gasteiger partial charge in [0.15, 0.2) is 6.61 Å². The molecule has 0 aliphatic rings. The topological polar surface area (TPSA) is 64.6 Å². The van der Waals surface area contributed by atoms with Gasteiger partial charge in [-0.1, -0.05) is 44.2 Å². The molecule has 1 amide bonds. The van der Waals surface area contributed by atoms with Crippen molar-refractivity contribution in [3.8, 4) is 16.9 Å². The van der Waals surface area contributed by atoms with Crippen molar-refractivity contribution in [2.45, 2.75) is 47.5 Å². The van der Waals surface area contributed by atoms with Gasteiger partial charge in [-0.15, -0.1) is 11.3 Å². The summed E-state index contributed by atoms with van der Waals surface area (Å²) in [5, 5.41) is 5.19. The van der Waals surface area contributed by atoms with Crippen molar-refractivity contribution >= 4 is 28.2 Å². The molecule has 6 heteroatoms. The summed E-state index contributed by atoms with van der Waals surface area (Å²) in [5.41, 5.74) is 6.45. The highest BCUT2D eigenvalue weighted by Gasteiger charge is 2.23. The highest BCUT2D eigenvalue weighted by atomic mass is 32.1. The van der Waals surface area contributed by atoms with E-state index in [1.54, 1.807) is 6.92 Å². The molecule has 5 nitrogen and oxygen atoms in total. The summed E-state index contributed by atoms with van der Waals surface area (Å²) < 4.78 is 11.2. The fourth-order valence-corrected chi connectivity index (χ4v) is 4.50. The zero-order valence-electron chi connectivity index (χ0n) is 20.1. The maximum absolute atomic E-state index is 12.8. The van der Waals surface area contributed by atoms with Crippen molar-refractivity contribution in [3.05, 3.63) is 69.6 Å². The van der Waals surface area contributed by atoms with Crippen LogP contribution in [-0.2, 0) is 9.53 Å². The number of thiophene rings is 1. The lowest BCUT2D eigenvalue weighted by Gasteiger charge is -2.15. The van der Waals surface area contributed by atoms with Crippen molar-refractivity contribution in [2.75, 3.05) is 18.5 Å². The van der Waals surface area contributed by atoms with Crippen LogP contribution in [0.5, 0.6) is 5.75 Å². The minimum absolute atomic E-state index is 0.150. The van der Waals surface area contributed by atoms with E-state index in [4.69, 9.17) is 9.47 Å². The number of carbonyl (C=O) groups is 2. The predicted octanol–water partition coefficient (Wildman–Crippen LogP) is 6.66. The second-order valence-corrected chi connectivity index (χ2v) is 9.29. The summed E-state index contributed by atoms with van der Waals surface area (Å²) in [6, 6.07) is 12.1. The minimum atomic E-state index is -0.455. The highest BCUT2D eigenvalue weighted by Crippen LogP contribution is 2.37. The summed E-state index contributed by atoms with van der Waals surface area (Å²) in [6.45, 7) is 12.1. The molecule has 1 N–H and O–H groups in total. The van der Waals surface area contributed by atoms with Gasteiger partial charge in [-0.3, -0.25) is 4.79 Å². The molecular weight excluding hydrogens is 434 g/mol. The first-order valence-corrected chi connectivity index (χ1v) is 12.0. The second kappa shape index (κ2) is 10.7. The van der Waals surface area contributed by atoms with Gasteiger partial charge in [-0.05, 0) is 67.5 Å². The first kappa shape index (κ1) is 24.5. The SMILES string of the molecule is CCOC(=O)c1c(-c2ccc(C)c(C)c2)csc1NC(=O)COc1cc(C)ccc1C(C)C. The zero-order chi connectivity index (χ0) is 24.1. The molecule has 1 heterocycles. The number of hydrogen-bond acceptors (Lipinski definition) is 5. The first-order valence-electron chi connectivity index (χ1n) is 11.1. The molecule has 0 aliphatic carbocycles. The molecule has 3 aromatic rings. The predicted molar refractivity (Wildman–Crippen MR) is 135 cm³/mol. The van der Waals surface area contributed by atoms with E-state index >= 15 is 0 Å². The van der Waals surface area contributed by atoms with Crippen molar-refractivity contribution in [1.82, 2.24) is 0 Å². The van der Waals surface area contributed by atoms with E-state index in [0.29, 0.717) is 16.3 Å². The molecule has 0 saturated carbocycles. The molecule has 33 heavy (non-hydrogen) atoms. The summed E-state index contributed by atoms with van der Waals surface area (Å²) in [7, 11) is 0. The van der Waals surface area contributed by atoms with Crippen LogP contribution in [0.15, 0.2) is 41.8 Å². The van der Waals surface area contributed by atoms with Crippen LogP contribution in [-0.4, -0.2) is 25.1 Å². The number of rotatable bonds is 8. The third kappa shape index (κ3) is 5.82. The van der Waals surface area contributed by atoms with Crippen LogP contribution >= 0.6 is 11.3 Å². The summed E-state index contributed by atoms with van der Waals surface area (Å²) >= 11 is 1.31. The van der Waals surface area contributed by atoms with Gasteiger partial charge in [0.25, 0.3) is 5.91 Å². The van der Waals surface area contributed by atoms with E-state index in [1.807, 2.05) is 62.5 Å². The molecule has 0 aliphatic heterocycles. The number of nitrogens with one attached hydrogen (secondary N) is 1. The number of amides is 1. The van der Waals surface area contributed by atoms with Crippen LogP contribution in [0.2, 0.25) is 0 Å². The Kier molecular flexibility index (Phi) is 7.92. The van der Waals surface area contributed by atoms with E-state index < -0.39 is 5.97 Å². The van der Waals surface area contributed by atoms with Gasteiger partial charge in [0.05, 0.1) is 6.61 Å². The lowest BCUT2D eigenvalue weighted by molar-refractivity contribution is -0.118. The fraction of sp³-hybridized carbons (Fsp3) is 0.333. The standard InChI is InChI=1S/C27H31NO4S/c1-7-31-27(30)25-22(20-10-9-18(5)19(6)13-20)15-33-26(25)28-24(29)14-32-23-12-17(4)8-11-21(23)16(2)3/h8-13,15-16H,7,14H2,1-6H3,(H,28,29). The Balaban J connectivity index is 1.84. The van der Waals surface area contributed by atoms with E-state index in [2.05, 4.69) is 19.2 Å². The van der Waals surface area contributed by atoms with Gasteiger partial charge in [-0.2, -0.15) is 0 Å². The summed E-state index contributed by atoms with van der Waals surface area (Å²) in [4.78, 5) is 25.5. The number of carbonyl (C=O) groups excluding carboxylic acids is 2. The van der Waals surface area contributed by atoms with Crippen molar-refractivity contribution in [2.24, 2.45) is 0 Å². The average Bonchev–Trinajstić information content (AvgIpc) is 3.17.